The lowest BCUT2D eigenvalue weighted by Crippen LogP contribution is -2.64. The van der Waals surface area contributed by atoms with Gasteiger partial charge < -0.3 is 20.1 Å². The first-order valence-electron chi connectivity index (χ1n) is 6.99. The van der Waals surface area contributed by atoms with Gasteiger partial charge in [0, 0.05) is 25.0 Å². The van der Waals surface area contributed by atoms with E-state index in [1.165, 1.54) is 0 Å². The predicted octanol–water partition coefficient (Wildman–Crippen LogP) is 2.17. The molecule has 0 aromatic carbocycles. The molecule has 1 amide bonds. The molecule has 1 unspecified atom stereocenters. The van der Waals surface area contributed by atoms with Gasteiger partial charge in [-0.15, -0.1) is 12.4 Å². The number of hydrogen-bond acceptors (Lipinski definition) is 4. The molecule has 2 aliphatic rings. The molecule has 118 valence electrons. The van der Waals surface area contributed by atoms with E-state index in [0.29, 0.717) is 13.2 Å². The number of likely N-dealkylation sites (tertiary alicyclic amines) is 1. The summed E-state index contributed by atoms with van der Waals surface area (Å²) in [5.41, 5.74) is 5.24. The highest BCUT2D eigenvalue weighted by molar-refractivity contribution is 5.85. The van der Waals surface area contributed by atoms with E-state index in [1.54, 1.807) is 4.90 Å². The van der Waals surface area contributed by atoms with Crippen molar-refractivity contribution in [2.45, 2.75) is 51.7 Å². The van der Waals surface area contributed by atoms with Gasteiger partial charge >= 0.3 is 6.09 Å². The SMILES string of the molecule is CC(C)(C)OC(=O)N1CC2(CCC(C)(CN)OC2)C1.Cl. The standard InChI is InChI=1S/C14H26N2O3.ClH/c1-12(2,3)19-11(17)16-8-14(9-16)6-5-13(4,7-15)18-10-14;/h5-10,15H2,1-4H3;1H. The van der Waals surface area contributed by atoms with E-state index < -0.39 is 5.60 Å². The number of hydrogen-bond donors (Lipinski definition) is 1. The van der Waals surface area contributed by atoms with Crippen LogP contribution >= 0.6 is 12.4 Å². The van der Waals surface area contributed by atoms with Gasteiger partial charge in [-0.25, -0.2) is 4.79 Å². The predicted molar refractivity (Wildman–Crippen MR) is 80.1 cm³/mol. The molecule has 0 aromatic rings. The van der Waals surface area contributed by atoms with Gasteiger partial charge in [-0.1, -0.05) is 0 Å². The summed E-state index contributed by atoms with van der Waals surface area (Å²) < 4.78 is 11.3. The first-order valence-corrected chi connectivity index (χ1v) is 6.99. The minimum Gasteiger partial charge on any atom is -0.444 e. The van der Waals surface area contributed by atoms with Gasteiger partial charge in [-0.2, -0.15) is 0 Å². The third kappa shape index (κ3) is 3.77. The lowest BCUT2D eigenvalue weighted by Gasteiger charge is -2.54. The molecule has 0 aromatic heterocycles. The Morgan fingerprint density at radius 1 is 1.35 bits per heavy atom. The van der Waals surface area contributed by atoms with E-state index in [2.05, 4.69) is 6.92 Å². The minimum atomic E-state index is -0.430. The summed E-state index contributed by atoms with van der Waals surface area (Å²) in [6, 6.07) is 0. The zero-order valence-electron chi connectivity index (χ0n) is 12.9. The van der Waals surface area contributed by atoms with Crippen LogP contribution in [-0.4, -0.2) is 48.4 Å². The van der Waals surface area contributed by atoms with Crippen LogP contribution in [0.5, 0.6) is 0 Å². The van der Waals surface area contributed by atoms with Crippen molar-refractivity contribution in [2.75, 3.05) is 26.2 Å². The van der Waals surface area contributed by atoms with E-state index in [-0.39, 0.29) is 29.5 Å². The Morgan fingerprint density at radius 3 is 2.35 bits per heavy atom. The number of carbonyl (C=O) groups excluding carboxylic acids is 1. The second kappa shape index (κ2) is 5.70. The molecular weight excluding hydrogens is 280 g/mol. The fraction of sp³-hybridized carbons (Fsp3) is 0.929. The van der Waals surface area contributed by atoms with Crippen LogP contribution in [0.25, 0.3) is 0 Å². The van der Waals surface area contributed by atoms with Crippen molar-refractivity contribution in [3.05, 3.63) is 0 Å². The van der Waals surface area contributed by atoms with Crippen molar-refractivity contribution in [3.8, 4) is 0 Å². The topological polar surface area (TPSA) is 64.8 Å². The van der Waals surface area contributed by atoms with Gasteiger partial charge in [0.15, 0.2) is 0 Å². The summed E-state index contributed by atoms with van der Waals surface area (Å²) in [6.07, 6.45) is 1.82. The normalized spacial score (nSPS) is 28.6. The number of rotatable bonds is 1. The van der Waals surface area contributed by atoms with Crippen LogP contribution in [0.4, 0.5) is 4.79 Å². The van der Waals surface area contributed by atoms with Gasteiger partial charge in [-0.3, -0.25) is 0 Å². The maximum Gasteiger partial charge on any atom is 0.410 e. The molecular formula is C14H27ClN2O3. The number of nitrogens with zero attached hydrogens (tertiary/aromatic N) is 1. The third-order valence-electron chi connectivity index (χ3n) is 4.05. The molecule has 2 fully saturated rings. The van der Waals surface area contributed by atoms with E-state index in [1.807, 2.05) is 20.8 Å². The molecule has 20 heavy (non-hydrogen) atoms. The Hall–Kier alpha value is -0.520. The highest BCUT2D eigenvalue weighted by atomic mass is 35.5. The summed E-state index contributed by atoms with van der Waals surface area (Å²) in [6.45, 7) is 10.4. The first-order chi connectivity index (χ1) is 8.67. The summed E-state index contributed by atoms with van der Waals surface area (Å²) in [4.78, 5) is 13.7. The molecule has 1 atom stereocenters. The molecule has 2 rings (SSSR count). The Balaban J connectivity index is 0.00000200. The second-order valence-electron chi connectivity index (χ2n) is 7.28. The van der Waals surface area contributed by atoms with E-state index in [4.69, 9.17) is 15.2 Å². The van der Waals surface area contributed by atoms with Gasteiger partial charge in [0.1, 0.15) is 5.60 Å². The molecule has 2 aliphatic heterocycles. The number of ether oxygens (including phenoxy) is 2. The van der Waals surface area contributed by atoms with E-state index in [9.17, 15) is 4.79 Å². The average Bonchev–Trinajstić information content (AvgIpc) is 2.25. The largest absolute Gasteiger partial charge is 0.444 e. The van der Waals surface area contributed by atoms with Crippen molar-refractivity contribution >= 4 is 18.5 Å². The number of halogens is 1. The van der Waals surface area contributed by atoms with Gasteiger partial charge in [0.25, 0.3) is 0 Å². The number of amides is 1. The third-order valence-corrected chi connectivity index (χ3v) is 4.05. The minimum absolute atomic E-state index is 0. The summed E-state index contributed by atoms with van der Waals surface area (Å²) in [5, 5.41) is 0. The maximum atomic E-state index is 11.9. The fourth-order valence-corrected chi connectivity index (χ4v) is 2.63. The quantitative estimate of drug-likeness (QED) is 0.806. The molecule has 0 saturated carbocycles. The highest BCUT2D eigenvalue weighted by Gasteiger charge is 2.50. The van der Waals surface area contributed by atoms with Crippen LogP contribution in [-0.2, 0) is 9.47 Å². The average molecular weight is 307 g/mol. The van der Waals surface area contributed by atoms with Gasteiger partial charge in [0.2, 0.25) is 0 Å². The van der Waals surface area contributed by atoms with E-state index >= 15 is 0 Å². The maximum absolute atomic E-state index is 11.9. The van der Waals surface area contributed by atoms with Crippen molar-refractivity contribution in [1.82, 2.24) is 4.90 Å². The molecule has 0 radical (unpaired) electrons. The second-order valence-corrected chi connectivity index (χ2v) is 7.28. The molecule has 0 bridgehead atoms. The van der Waals surface area contributed by atoms with Crippen LogP contribution in [0, 0.1) is 5.41 Å². The van der Waals surface area contributed by atoms with Gasteiger partial charge in [-0.05, 0) is 40.5 Å². The van der Waals surface area contributed by atoms with Crippen LogP contribution in [0.15, 0.2) is 0 Å². The fourth-order valence-electron chi connectivity index (χ4n) is 2.63. The van der Waals surface area contributed by atoms with Crippen LogP contribution in [0.2, 0.25) is 0 Å². The lowest BCUT2D eigenvalue weighted by molar-refractivity contribution is -0.161. The molecule has 2 saturated heterocycles. The molecule has 0 aliphatic carbocycles. The van der Waals surface area contributed by atoms with Crippen molar-refractivity contribution < 1.29 is 14.3 Å². The molecule has 1 spiro atoms. The lowest BCUT2D eigenvalue weighted by atomic mass is 9.72. The zero-order chi connectivity index (χ0) is 14.3. The van der Waals surface area contributed by atoms with Crippen molar-refractivity contribution in [3.63, 3.8) is 0 Å². The van der Waals surface area contributed by atoms with Crippen molar-refractivity contribution in [2.24, 2.45) is 11.1 Å². The smallest absolute Gasteiger partial charge is 0.410 e. The molecule has 2 heterocycles. The summed E-state index contributed by atoms with van der Waals surface area (Å²) in [5.74, 6) is 0. The Morgan fingerprint density at radius 2 is 1.95 bits per heavy atom. The molecule has 5 nitrogen and oxygen atoms in total. The summed E-state index contributed by atoms with van der Waals surface area (Å²) in [7, 11) is 0. The molecule has 6 heteroatoms. The Labute approximate surface area is 127 Å². The highest BCUT2D eigenvalue weighted by Crippen LogP contribution is 2.42. The van der Waals surface area contributed by atoms with Crippen LogP contribution in [0.3, 0.4) is 0 Å². The Kier molecular flexibility index (Phi) is 4.99. The zero-order valence-corrected chi connectivity index (χ0v) is 13.7. The number of nitrogens with two attached hydrogens (primary N) is 1. The van der Waals surface area contributed by atoms with Crippen LogP contribution < -0.4 is 5.73 Å². The molecule has 2 N–H and O–H groups in total. The Bertz CT molecular complexity index is 352. The number of carbonyl (C=O) groups is 1. The van der Waals surface area contributed by atoms with E-state index in [0.717, 1.165) is 25.9 Å². The van der Waals surface area contributed by atoms with Crippen molar-refractivity contribution in [1.29, 1.82) is 0 Å². The first kappa shape index (κ1) is 17.5. The summed E-state index contributed by atoms with van der Waals surface area (Å²) >= 11 is 0. The van der Waals surface area contributed by atoms with Crippen LogP contribution in [0.1, 0.15) is 40.5 Å². The monoisotopic (exact) mass is 306 g/mol. The van der Waals surface area contributed by atoms with Gasteiger partial charge in [0.05, 0.1) is 12.2 Å².